The zero-order valence-electron chi connectivity index (χ0n) is 6.80. The van der Waals surface area contributed by atoms with E-state index in [9.17, 15) is 10.1 Å². The van der Waals surface area contributed by atoms with Gasteiger partial charge >= 0.3 is 0 Å². The number of rotatable bonds is 1. The van der Waals surface area contributed by atoms with Gasteiger partial charge in [0.05, 0.1) is 16.1 Å². The molecule has 0 unspecified atom stereocenters. The van der Waals surface area contributed by atoms with Crippen molar-refractivity contribution >= 4 is 5.69 Å². The van der Waals surface area contributed by atoms with Crippen molar-refractivity contribution in [3.05, 3.63) is 39.4 Å². The number of halogens is 1. The van der Waals surface area contributed by atoms with Gasteiger partial charge < -0.3 is 0 Å². The Hall–Kier alpha value is -2.47. The summed E-state index contributed by atoms with van der Waals surface area (Å²) in [7, 11) is 0. The van der Waals surface area contributed by atoms with Crippen LogP contribution in [0.15, 0.2) is 18.2 Å². The molecule has 70 valence electrons. The Balaban J connectivity index is 0.00000169. The standard InChI is InChI=1S/C8H3N3O2.FH/c9-4-6-1-2-8(11(12)13)3-7(6)5-10;/h1-3H;1H. The van der Waals surface area contributed by atoms with Crippen LogP contribution in [0.25, 0.3) is 0 Å². The van der Waals surface area contributed by atoms with Crippen LogP contribution < -0.4 is 0 Å². The summed E-state index contributed by atoms with van der Waals surface area (Å²) in [5.41, 5.74) is -0.0136. The van der Waals surface area contributed by atoms with Crippen molar-refractivity contribution in [3.8, 4) is 12.1 Å². The van der Waals surface area contributed by atoms with Crippen molar-refractivity contribution in [3.63, 3.8) is 0 Å². The number of hydrogen-bond acceptors (Lipinski definition) is 4. The van der Waals surface area contributed by atoms with Crippen LogP contribution in [-0.2, 0) is 0 Å². The summed E-state index contributed by atoms with van der Waals surface area (Å²) < 4.78 is 0. The second-order valence-corrected chi connectivity index (χ2v) is 2.21. The fourth-order valence-corrected chi connectivity index (χ4v) is 0.836. The first kappa shape index (κ1) is 11.5. The minimum Gasteiger partial charge on any atom is -0.269 e. The van der Waals surface area contributed by atoms with Gasteiger partial charge in [0, 0.05) is 12.1 Å². The molecule has 1 aromatic rings. The molecule has 0 aliphatic rings. The summed E-state index contributed by atoms with van der Waals surface area (Å²) in [5, 5.41) is 27.3. The fourth-order valence-electron chi connectivity index (χ4n) is 0.836. The van der Waals surface area contributed by atoms with Crippen LogP contribution in [0.5, 0.6) is 0 Å². The first-order valence-electron chi connectivity index (χ1n) is 3.27. The average Bonchev–Trinajstić information content (AvgIpc) is 2.16. The van der Waals surface area contributed by atoms with Crippen LogP contribution in [0, 0.1) is 32.8 Å². The van der Waals surface area contributed by atoms with Gasteiger partial charge in [0.2, 0.25) is 0 Å². The zero-order valence-corrected chi connectivity index (χ0v) is 6.80. The lowest BCUT2D eigenvalue weighted by Crippen LogP contribution is -1.90. The number of benzene rings is 1. The third-order valence-corrected chi connectivity index (χ3v) is 1.45. The van der Waals surface area contributed by atoms with Gasteiger partial charge in [-0.05, 0) is 6.07 Å². The highest BCUT2D eigenvalue weighted by atomic mass is 19.0. The van der Waals surface area contributed by atoms with Crippen molar-refractivity contribution in [2.45, 2.75) is 0 Å². The Morgan fingerprint density at radius 1 is 1.21 bits per heavy atom. The fraction of sp³-hybridized carbons (Fsp3) is 0. The van der Waals surface area contributed by atoms with E-state index < -0.39 is 4.92 Å². The van der Waals surface area contributed by atoms with E-state index in [4.69, 9.17) is 10.5 Å². The van der Waals surface area contributed by atoms with E-state index in [1.807, 2.05) is 0 Å². The van der Waals surface area contributed by atoms with Gasteiger partial charge in [-0.1, -0.05) is 0 Å². The van der Waals surface area contributed by atoms with Crippen LogP contribution in [0.3, 0.4) is 0 Å². The molecule has 0 spiro atoms. The lowest BCUT2D eigenvalue weighted by molar-refractivity contribution is -0.384. The first-order chi connectivity index (χ1) is 6.19. The molecule has 5 nitrogen and oxygen atoms in total. The van der Waals surface area contributed by atoms with E-state index >= 15 is 0 Å². The second kappa shape index (κ2) is 4.53. The smallest absolute Gasteiger partial charge is 0.269 e. The lowest BCUT2D eigenvalue weighted by atomic mass is 10.1. The molecule has 0 atom stereocenters. The quantitative estimate of drug-likeness (QED) is 0.499. The molecular weight excluding hydrogens is 189 g/mol. The van der Waals surface area contributed by atoms with Crippen LogP contribution in [0.4, 0.5) is 10.4 Å². The summed E-state index contributed by atoms with van der Waals surface area (Å²) in [4.78, 5) is 9.67. The molecule has 0 bridgehead atoms. The Morgan fingerprint density at radius 2 is 1.79 bits per heavy atom. The number of nitriles is 2. The topological polar surface area (TPSA) is 90.7 Å². The van der Waals surface area contributed by atoms with E-state index in [1.165, 1.54) is 12.1 Å². The maximum Gasteiger partial charge on any atom is 0.270 e. The molecule has 0 aliphatic carbocycles. The van der Waals surface area contributed by atoms with Gasteiger partial charge in [0.15, 0.2) is 0 Å². The molecule has 1 aromatic carbocycles. The minimum atomic E-state index is -0.609. The van der Waals surface area contributed by atoms with E-state index in [0.29, 0.717) is 0 Å². The van der Waals surface area contributed by atoms with E-state index in [2.05, 4.69) is 0 Å². The van der Waals surface area contributed by atoms with E-state index in [-0.39, 0.29) is 21.5 Å². The Morgan fingerprint density at radius 3 is 2.21 bits per heavy atom. The zero-order chi connectivity index (χ0) is 9.84. The first-order valence-corrected chi connectivity index (χ1v) is 3.27. The van der Waals surface area contributed by atoms with Gasteiger partial charge in [-0.3, -0.25) is 14.8 Å². The Kier molecular flexibility index (Phi) is 3.73. The molecule has 0 saturated heterocycles. The van der Waals surface area contributed by atoms with Gasteiger partial charge in [-0.25, -0.2) is 0 Å². The molecule has 1 rings (SSSR count). The Labute approximate surface area is 78.3 Å². The lowest BCUT2D eigenvalue weighted by Gasteiger charge is -1.93. The molecule has 0 aromatic heterocycles. The maximum absolute atomic E-state index is 10.3. The van der Waals surface area contributed by atoms with Gasteiger partial charge in [0.25, 0.3) is 5.69 Å². The third-order valence-electron chi connectivity index (χ3n) is 1.45. The highest BCUT2D eigenvalue weighted by molar-refractivity contribution is 5.51. The van der Waals surface area contributed by atoms with Crippen LogP contribution in [0.1, 0.15) is 11.1 Å². The highest BCUT2D eigenvalue weighted by Crippen LogP contribution is 2.16. The van der Waals surface area contributed by atoms with Crippen LogP contribution in [-0.4, -0.2) is 4.92 Å². The monoisotopic (exact) mass is 193 g/mol. The van der Waals surface area contributed by atoms with Crippen molar-refractivity contribution < 1.29 is 9.63 Å². The summed E-state index contributed by atoms with van der Waals surface area (Å²) in [5.74, 6) is 0. The van der Waals surface area contributed by atoms with Crippen molar-refractivity contribution in [1.29, 1.82) is 10.5 Å². The predicted molar refractivity (Wildman–Crippen MR) is 45.0 cm³/mol. The van der Waals surface area contributed by atoms with Crippen molar-refractivity contribution in [2.24, 2.45) is 0 Å². The SMILES string of the molecule is F.N#Cc1ccc([N+](=O)[O-])cc1C#N. The average molecular weight is 193 g/mol. The number of nitro groups is 1. The molecular formula is C8H4FN3O2. The van der Waals surface area contributed by atoms with Gasteiger partial charge in [-0.15, -0.1) is 0 Å². The van der Waals surface area contributed by atoms with E-state index in [0.717, 1.165) is 6.07 Å². The molecule has 0 aliphatic heterocycles. The normalized spacial score (nSPS) is 7.86. The summed E-state index contributed by atoms with van der Waals surface area (Å²) >= 11 is 0. The second-order valence-electron chi connectivity index (χ2n) is 2.21. The van der Waals surface area contributed by atoms with Gasteiger partial charge in [-0.2, -0.15) is 10.5 Å². The summed E-state index contributed by atoms with van der Waals surface area (Å²) in [6.45, 7) is 0. The minimum absolute atomic E-state index is 0. The van der Waals surface area contributed by atoms with Crippen LogP contribution in [0.2, 0.25) is 0 Å². The number of hydrogen-bond donors (Lipinski definition) is 0. The van der Waals surface area contributed by atoms with Crippen LogP contribution >= 0.6 is 0 Å². The summed E-state index contributed by atoms with van der Waals surface area (Å²) in [6, 6.07) is 7.02. The number of non-ortho nitro benzene ring substituents is 1. The van der Waals surface area contributed by atoms with Gasteiger partial charge in [0.1, 0.15) is 12.1 Å². The molecule has 6 heteroatoms. The molecule has 0 saturated carbocycles. The molecule has 0 heterocycles. The number of nitrogens with zero attached hydrogens (tertiary/aromatic N) is 3. The maximum atomic E-state index is 10.3. The molecule has 14 heavy (non-hydrogen) atoms. The predicted octanol–water partition coefficient (Wildman–Crippen LogP) is 1.49. The molecule has 0 fully saturated rings. The molecule has 0 radical (unpaired) electrons. The largest absolute Gasteiger partial charge is 0.270 e. The molecule has 0 N–H and O–H groups in total. The summed E-state index contributed by atoms with van der Waals surface area (Å²) in [6.07, 6.45) is 0. The Bertz CT molecular complexity index is 445. The van der Waals surface area contributed by atoms with E-state index in [1.54, 1.807) is 12.1 Å². The van der Waals surface area contributed by atoms with Crippen molar-refractivity contribution in [1.82, 2.24) is 0 Å². The molecule has 0 amide bonds. The number of nitro benzene ring substituents is 1. The highest BCUT2D eigenvalue weighted by Gasteiger charge is 2.09. The van der Waals surface area contributed by atoms with Crippen molar-refractivity contribution in [2.75, 3.05) is 0 Å². The third kappa shape index (κ3) is 2.02.